The molecule has 0 saturated heterocycles. The summed E-state index contributed by atoms with van der Waals surface area (Å²) in [5, 5.41) is 16.6. The molecule has 0 unspecified atom stereocenters. The average molecular weight is 479 g/mol. The highest BCUT2D eigenvalue weighted by Gasteiger charge is 2.29. The number of aromatic nitrogens is 4. The van der Waals surface area contributed by atoms with Crippen LogP contribution in [0.25, 0.3) is 11.4 Å². The first-order valence-electron chi connectivity index (χ1n) is 10.3. The number of nitrogens with one attached hydrogen (secondary N) is 2. The molecule has 0 aliphatic carbocycles. The fraction of sp³-hybridized carbons (Fsp3) is 0.130. The molecule has 11 heteroatoms. The van der Waals surface area contributed by atoms with Crippen LogP contribution in [0.1, 0.15) is 5.56 Å². The number of ether oxygens (including phenoxy) is 1. The molecule has 0 atom stereocenters. The van der Waals surface area contributed by atoms with Gasteiger partial charge in [-0.2, -0.15) is 5.21 Å². The molecular formula is C23H22N6O4S. The van der Waals surface area contributed by atoms with Crippen molar-refractivity contribution in [1.29, 1.82) is 0 Å². The topological polar surface area (TPSA) is 130 Å². The van der Waals surface area contributed by atoms with Crippen LogP contribution >= 0.6 is 0 Å². The Labute approximate surface area is 196 Å². The molecule has 1 heterocycles. The van der Waals surface area contributed by atoms with E-state index < -0.39 is 22.5 Å². The van der Waals surface area contributed by atoms with E-state index in [4.69, 9.17) is 4.74 Å². The van der Waals surface area contributed by atoms with Crippen LogP contribution in [0.5, 0.6) is 5.75 Å². The number of amides is 1. The number of sulfonamides is 1. The zero-order valence-electron chi connectivity index (χ0n) is 18.5. The van der Waals surface area contributed by atoms with E-state index in [0.29, 0.717) is 22.8 Å². The molecule has 0 aliphatic rings. The number of tetrazole rings is 1. The normalized spacial score (nSPS) is 11.1. The number of hydrogen-bond donors (Lipinski definition) is 2. The van der Waals surface area contributed by atoms with Crippen molar-refractivity contribution in [2.75, 3.05) is 23.3 Å². The molecule has 0 fully saturated rings. The lowest BCUT2D eigenvalue weighted by molar-refractivity contribution is -0.114. The van der Waals surface area contributed by atoms with Crippen LogP contribution < -0.4 is 14.4 Å². The first-order valence-corrected chi connectivity index (χ1v) is 11.7. The Morgan fingerprint density at radius 2 is 1.74 bits per heavy atom. The van der Waals surface area contributed by atoms with Gasteiger partial charge in [0.05, 0.1) is 23.4 Å². The number of rotatable bonds is 8. The van der Waals surface area contributed by atoms with E-state index in [1.165, 1.54) is 19.2 Å². The van der Waals surface area contributed by atoms with E-state index in [1.807, 2.05) is 6.92 Å². The van der Waals surface area contributed by atoms with Crippen LogP contribution in [0.4, 0.5) is 11.4 Å². The Hall–Kier alpha value is -4.25. The number of nitrogens with zero attached hydrogens (tertiary/aromatic N) is 4. The number of H-pyrrole nitrogens is 1. The third-order valence-electron chi connectivity index (χ3n) is 5.04. The second kappa shape index (κ2) is 9.71. The van der Waals surface area contributed by atoms with Crippen molar-refractivity contribution in [1.82, 2.24) is 20.6 Å². The lowest BCUT2D eigenvalue weighted by atomic mass is 10.1. The second-order valence-corrected chi connectivity index (χ2v) is 9.19. The summed E-state index contributed by atoms with van der Waals surface area (Å²) in [7, 11) is -2.65. The number of para-hydroxylation sites is 3. The van der Waals surface area contributed by atoms with Gasteiger partial charge in [0.25, 0.3) is 10.0 Å². The van der Waals surface area contributed by atoms with E-state index in [1.54, 1.807) is 60.7 Å². The lowest BCUT2D eigenvalue weighted by Crippen LogP contribution is -2.38. The van der Waals surface area contributed by atoms with Gasteiger partial charge in [-0.1, -0.05) is 42.0 Å². The number of aromatic amines is 1. The van der Waals surface area contributed by atoms with Gasteiger partial charge in [0.2, 0.25) is 11.7 Å². The van der Waals surface area contributed by atoms with Crippen molar-refractivity contribution >= 4 is 27.3 Å². The highest BCUT2D eigenvalue weighted by Crippen LogP contribution is 2.32. The summed E-state index contributed by atoms with van der Waals surface area (Å²) in [6.07, 6.45) is 0. The van der Waals surface area contributed by atoms with Crippen LogP contribution in [0.3, 0.4) is 0 Å². The van der Waals surface area contributed by atoms with Gasteiger partial charge in [-0.05, 0) is 48.5 Å². The molecule has 0 spiro atoms. The third kappa shape index (κ3) is 4.74. The first-order chi connectivity index (χ1) is 16.4. The largest absolute Gasteiger partial charge is 0.495 e. The molecule has 10 nitrogen and oxygen atoms in total. The average Bonchev–Trinajstić information content (AvgIpc) is 3.38. The molecule has 0 aliphatic heterocycles. The monoisotopic (exact) mass is 478 g/mol. The fourth-order valence-electron chi connectivity index (χ4n) is 3.36. The molecule has 1 aromatic heterocycles. The van der Waals surface area contributed by atoms with Crippen molar-refractivity contribution in [2.45, 2.75) is 11.8 Å². The molecule has 0 radical (unpaired) electrons. The summed E-state index contributed by atoms with van der Waals surface area (Å²) in [6, 6.07) is 20.0. The molecule has 174 valence electrons. The highest BCUT2D eigenvalue weighted by molar-refractivity contribution is 7.92. The number of carbonyl (C=O) groups is 1. The zero-order valence-corrected chi connectivity index (χ0v) is 19.3. The molecule has 3 aromatic carbocycles. The SMILES string of the molecule is COc1ccccc1N(CC(=O)Nc1ccccc1-c1nn[nH]n1)S(=O)(=O)c1ccc(C)cc1. The van der Waals surface area contributed by atoms with Gasteiger partial charge in [-0.3, -0.25) is 9.10 Å². The van der Waals surface area contributed by atoms with Crippen molar-refractivity contribution in [3.63, 3.8) is 0 Å². The van der Waals surface area contributed by atoms with Crippen molar-refractivity contribution < 1.29 is 17.9 Å². The highest BCUT2D eigenvalue weighted by atomic mass is 32.2. The van der Waals surface area contributed by atoms with E-state index >= 15 is 0 Å². The van der Waals surface area contributed by atoms with E-state index in [9.17, 15) is 13.2 Å². The third-order valence-corrected chi connectivity index (χ3v) is 6.81. The number of carbonyl (C=O) groups excluding carboxylic acids is 1. The number of benzene rings is 3. The predicted molar refractivity (Wildman–Crippen MR) is 127 cm³/mol. The number of methoxy groups -OCH3 is 1. The number of anilines is 2. The summed E-state index contributed by atoms with van der Waals surface area (Å²) in [6.45, 7) is 1.38. The summed E-state index contributed by atoms with van der Waals surface area (Å²) in [5.41, 5.74) is 2.11. The lowest BCUT2D eigenvalue weighted by Gasteiger charge is -2.25. The number of hydrogen-bond acceptors (Lipinski definition) is 7. The zero-order chi connectivity index (χ0) is 24.1. The molecule has 0 saturated carbocycles. The van der Waals surface area contributed by atoms with Crippen molar-refractivity contribution in [2.24, 2.45) is 0 Å². The first kappa shape index (κ1) is 22.9. The van der Waals surface area contributed by atoms with Gasteiger partial charge in [-0.15, -0.1) is 10.2 Å². The quantitative estimate of drug-likeness (QED) is 0.398. The molecule has 4 rings (SSSR count). The Morgan fingerprint density at radius 3 is 2.44 bits per heavy atom. The minimum Gasteiger partial charge on any atom is -0.495 e. The maximum absolute atomic E-state index is 13.6. The van der Waals surface area contributed by atoms with Gasteiger partial charge >= 0.3 is 0 Å². The fourth-order valence-corrected chi connectivity index (χ4v) is 4.79. The standard InChI is InChI=1S/C23H22N6O4S/c1-16-11-13-17(14-12-16)34(31,32)29(20-9-5-6-10-21(20)33-2)15-22(30)24-19-8-4-3-7-18(19)23-25-27-28-26-23/h3-14H,15H2,1-2H3,(H,24,30)(H,25,26,27,28). The van der Waals surface area contributed by atoms with E-state index in [-0.39, 0.29) is 10.6 Å². The van der Waals surface area contributed by atoms with E-state index in [2.05, 4.69) is 25.9 Å². The van der Waals surface area contributed by atoms with Gasteiger partial charge in [-0.25, -0.2) is 8.42 Å². The van der Waals surface area contributed by atoms with Crippen LogP contribution in [0, 0.1) is 6.92 Å². The second-order valence-electron chi connectivity index (χ2n) is 7.33. The van der Waals surface area contributed by atoms with Gasteiger partial charge in [0.1, 0.15) is 12.3 Å². The minimum atomic E-state index is -4.09. The van der Waals surface area contributed by atoms with Crippen LogP contribution in [-0.2, 0) is 14.8 Å². The van der Waals surface area contributed by atoms with Gasteiger partial charge in [0.15, 0.2) is 0 Å². The summed E-state index contributed by atoms with van der Waals surface area (Å²) >= 11 is 0. The van der Waals surface area contributed by atoms with Crippen molar-refractivity contribution in [3.8, 4) is 17.1 Å². The summed E-state index contributed by atoms with van der Waals surface area (Å²) < 4.78 is 33.6. The molecule has 2 N–H and O–H groups in total. The Kier molecular flexibility index (Phi) is 6.55. The summed E-state index contributed by atoms with van der Waals surface area (Å²) in [5.74, 6) is 0.0560. The maximum Gasteiger partial charge on any atom is 0.264 e. The molecule has 1 amide bonds. The molecule has 0 bridgehead atoms. The Morgan fingerprint density at radius 1 is 1.03 bits per heavy atom. The van der Waals surface area contributed by atoms with Crippen LogP contribution in [-0.4, -0.2) is 48.6 Å². The molecule has 4 aromatic rings. The smallest absolute Gasteiger partial charge is 0.264 e. The van der Waals surface area contributed by atoms with Crippen molar-refractivity contribution in [3.05, 3.63) is 78.4 Å². The maximum atomic E-state index is 13.6. The van der Waals surface area contributed by atoms with Gasteiger partial charge < -0.3 is 10.1 Å². The Balaban J connectivity index is 1.70. The predicted octanol–water partition coefficient (Wildman–Crippen LogP) is 3.02. The molecular weight excluding hydrogens is 456 g/mol. The number of aryl methyl sites for hydroxylation is 1. The minimum absolute atomic E-state index is 0.0593. The molecule has 34 heavy (non-hydrogen) atoms. The van der Waals surface area contributed by atoms with Crippen LogP contribution in [0.2, 0.25) is 0 Å². The van der Waals surface area contributed by atoms with Crippen LogP contribution in [0.15, 0.2) is 77.7 Å². The Bertz CT molecular complexity index is 1390. The van der Waals surface area contributed by atoms with E-state index in [0.717, 1.165) is 9.87 Å². The van der Waals surface area contributed by atoms with Gasteiger partial charge in [0, 0.05) is 5.56 Å². The summed E-state index contributed by atoms with van der Waals surface area (Å²) in [4.78, 5) is 13.2.